The zero-order valence-electron chi connectivity index (χ0n) is 15.0. The summed E-state index contributed by atoms with van der Waals surface area (Å²) in [5.41, 5.74) is 2.01. The van der Waals surface area contributed by atoms with Crippen molar-refractivity contribution in [2.75, 3.05) is 0 Å². The molecule has 0 aromatic heterocycles. The Morgan fingerprint density at radius 2 is 1.79 bits per heavy atom. The minimum Gasteiger partial charge on any atom is -0.265 e. The third kappa shape index (κ3) is 4.82. The predicted molar refractivity (Wildman–Crippen MR) is 97.7 cm³/mol. The van der Waals surface area contributed by atoms with Crippen LogP contribution in [0.5, 0.6) is 0 Å². The zero-order valence-corrected chi connectivity index (χ0v) is 15.8. The average Bonchev–Trinajstić information content (AvgIpc) is 2.62. The van der Waals surface area contributed by atoms with Gasteiger partial charge in [0.25, 0.3) is 0 Å². The highest BCUT2D eigenvalue weighted by Gasteiger charge is 2.21. The Morgan fingerprint density at radius 1 is 1.17 bits per heavy atom. The van der Waals surface area contributed by atoms with E-state index in [0.29, 0.717) is 11.8 Å². The van der Waals surface area contributed by atoms with Crippen molar-refractivity contribution in [3.8, 4) is 0 Å². The summed E-state index contributed by atoms with van der Waals surface area (Å²) in [5.74, 6) is 0.783. The first-order chi connectivity index (χ1) is 11.5. The fourth-order valence-electron chi connectivity index (χ4n) is 3.20. The lowest BCUT2D eigenvalue weighted by atomic mass is 9.85. The van der Waals surface area contributed by atoms with Gasteiger partial charge in [0.2, 0.25) is 0 Å². The van der Waals surface area contributed by atoms with Gasteiger partial charge in [0.15, 0.2) is 0 Å². The fraction of sp³-hybridized carbons (Fsp3) is 0.632. The molecule has 5 heteroatoms. The molecule has 1 unspecified atom stereocenters. The second kappa shape index (κ2) is 8.65. The molecule has 0 N–H and O–H groups in total. The second-order valence-corrected chi connectivity index (χ2v) is 8.21. The first-order valence-corrected chi connectivity index (χ1v) is 10.5. The monoisotopic (exact) mass is 351 g/mol. The van der Waals surface area contributed by atoms with Crippen LogP contribution < -0.4 is 0 Å². The van der Waals surface area contributed by atoms with Gasteiger partial charge in [-0.25, -0.2) is 0 Å². The van der Waals surface area contributed by atoms with Gasteiger partial charge in [-0.15, -0.1) is 0 Å². The highest BCUT2D eigenvalue weighted by molar-refractivity contribution is 7.86. The van der Waals surface area contributed by atoms with Gasteiger partial charge in [-0.3, -0.25) is 4.28 Å². The first-order valence-electron chi connectivity index (χ1n) is 9.08. The number of benzene rings is 1. The van der Waals surface area contributed by atoms with E-state index >= 15 is 0 Å². The largest absolute Gasteiger partial charge is 0.358 e. The summed E-state index contributed by atoms with van der Waals surface area (Å²) < 4.78 is 29.7. The third-order valence-electron chi connectivity index (χ3n) is 5.04. The molecular formula is C19H29NO3S. The van der Waals surface area contributed by atoms with Crippen molar-refractivity contribution in [1.29, 1.82) is 0 Å². The lowest BCUT2D eigenvalue weighted by molar-refractivity contribution is 0.328. The van der Waals surface area contributed by atoms with E-state index in [1.54, 1.807) is 12.1 Å². The van der Waals surface area contributed by atoms with E-state index < -0.39 is 10.1 Å². The van der Waals surface area contributed by atoms with Crippen LogP contribution in [-0.4, -0.2) is 14.1 Å². The first kappa shape index (κ1) is 19.0. The van der Waals surface area contributed by atoms with Gasteiger partial charge < -0.3 is 0 Å². The molecule has 1 atom stereocenters. The van der Waals surface area contributed by atoms with Crippen molar-refractivity contribution in [2.24, 2.45) is 11.1 Å². The summed E-state index contributed by atoms with van der Waals surface area (Å²) in [6.07, 6.45) is 7.55. The van der Waals surface area contributed by atoms with Crippen molar-refractivity contribution >= 4 is 15.8 Å². The van der Waals surface area contributed by atoms with Crippen LogP contribution in [0.15, 0.2) is 34.3 Å². The molecule has 4 nitrogen and oxygen atoms in total. The van der Waals surface area contributed by atoms with Crippen molar-refractivity contribution in [3.05, 3.63) is 29.8 Å². The van der Waals surface area contributed by atoms with Gasteiger partial charge in [-0.2, -0.15) is 8.42 Å². The minimum absolute atomic E-state index is 0.164. The summed E-state index contributed by atoms with van der Waals surface area (Å²) in [6, 6.07) is 6.93. The minimum atomic E-state index is -3.84. The van der Waals surface area contributed by atoms with E-state index in [1.165, 1.54) is 19.3 Å². The van der Waals surface area contributed by atoms with Crippen LogP contribution in [0.1, 0.15) is 77.2 Å². The van der Waals surface area contributed by atoms with E-state index in [2.05, 4.69) is 19.0 Å². The quantitative estimate of drug-likeness (QED) is 0.498. The molecule has 1 fully saturated rings. The lowest BCUT2D eigenvalue weighted by Gasteiger charge is -2.22. The van der Waals surface area contributed by atoms with Crippen molar-refractivity contribution in [2.45, 2.75) is 76.5 Å². The van der Waals surface area contributed by atoms with Gasteiger partial charge in [-0.05, 0) is 49.3 Å². The summed E-state index contributed by atoms with van der Waals surface area (Å²) >= 11 is 0. The van der Waals surface area contributed by atoms with Crippen LogP contribution in [0.4, 0.5) is 0 Å². The summed E-state index contributed by atoms with van der Waals surface area (Å²) in [7, 11) is -3.84. The predicted octanol–water partition coefficient (Wildman–Crippen LogP) is 5.25. The van der Waals surface area contributed by atoms with E-state index in [-0.39, 0.29) is 4.90 Å². The smallest absolute Gasteiger partial charge is 0.265 e. The molecule has 0 heterocycles. The number of hydrogen-bond acceptors (Lipinski definition) is 4. The Labute approximate surface area is 146 Å². The molecule has 0 radical (unpaired) electrons. The summed E-state index contributed by atoms with van der Waals surface area (Å²) in [4.78, 5) is 0.164. The van der Waals surface area contributed by atoms with Crippen LogP contribution in [0.2, 0.25) is 0 Å². The molecule has 24 heavy (non-hydrogen) atoms. The van der Waals surface area contributed by atoms with Crippen LogP contribution in [0.25, 0.3) is 0 Å². The summed E-state index contributed by atoms with van der Waals surface area (Å²) in [6.45, 7) is 6.25. The Hall–Kier alpha value is -1.36. The maximum atomic E-state index is 12.4. The highest BCUT2D eigenvalue weighted by Crippen LogP contribution is 2.27. The Morgan fingerprint density at radius 3 is 2.33 bits per heavy atom. The van der Waals surface area contributed by atoms with Gasteiger partial charge in [0, 0.05) is 5.92 Å². The molecule has 0 aliphatic heterocycles. The molecule has 1 aromatic rings. The molecule has 0 saturated heterocycles. The number of oxime groups is 1. The maximum absolute atomic E-state index is 12.4. The van der Waals surface area contributed by atoms with Gasteiger partial charge in [0.05, 0.1) is 5.71 Å². The topological polar surface area (TPSA) is 55.7 Å². The Balaban J connectivity index is 2.10. The van der Waals surface area contributed by atoms with Gasteiger partial charge in [0.1, 0.15) is 4.90 Å². The second-order valence-electron chi connectivity index (χ2n) is 6.68. The van der Waals surface area contributed by atoms with Crippen LogP contribution in [0, 0.1) is 5.92 Å². The Bertz CT molecular complexity index is 644. The van der Waals surface area contributed by atoms with Crippen molar-refractivity contribution in [3.63, 3.8) is 0 Å². The van der Waals surface area contributed by atoms with Crippen LogP contribution in [0.3, 0.4) is 0 Å². The average molecular weight is 352 g/mol. The van der Waals surface area contributed by atoms with Crippen molar-refractivity contribution < 1.29 is 12.7 Å². The zero-order chi connectivity index (χ0) is 17.6. The van der Waals surface area contributed by atoms with Crippen LogP contribution >= 0.6 is 0 Å². The van der Waals surface area contributed by atoms with Gasteiger partial charge in [-0.1, -0.05) is 57.3 Å². The number of hydrogen-bond donors (Lipinski definition) is 0. The van der Waals surface area contributed by atoms with Gasteiger partial charge >= 0.3 is 10.1 Å². The molecule has 1 aliphatic rings. The molecule has 2 rings (SSSR count). The Kier molecular flexibility index (Phi) is 6.84. The summed E-state index contributed by atoms with van der Waals surface area (Å²) in [5, 5.41) is 4.02. The standard InChI is InChI=1S/C19H29NO3S/c1-4-15(3)16-11-13-18(14-12-16)24(21,22)23-20-19(5-2)17-9-7-6-8-10-17/h11-15,17H,4-10H2,1-3H3. The normalized spacial score (nSPS) is 18.4. The van der Waals surface area contributed by atoms with Crippen LogP contribution in [-0.2, 0) is 14.4 Å². The fourth-order valence-corrected chi connectivity index (χ4v) is 3.95. The number of rotatable bonds is 7. The van der Waals surface area contributed by atoms with E-state index in [4.69, 9.17) is 4.28 Å². The molecule has 1 aromatic carbocycles. The molecule has 1 saturated carbocycles. The third-order valence-corrected chi connectivity index (χ3v) is 6.16. The molecule has 134 valence electrons. The SMILES string of the molecule is CCC(=NOS(=O)(=O)c1ccc(C(C)CC)cc1)C1CCCCC1. The van der Waals surface area contributed by atoms with E-state index in [9.17, 15) is 8.42 Å². The highest BCUT2D eigenvalue weighted by atomic mass is 32.2. The molecule has 0 bridgehead atoms. The maximum Gasteiger partial charge on any atom is 0.358 e. The molecule has 0 spiro atoms. The molecular weight excluding hydrogens is 322 g/mol. The van der Waals surface area contributed by atoms with E-state index in [1.807, 2.05) is 19.1 Å². The van der Waals surface area contributed by atoms with Crippen molar-refractivity contribution in [1.82, 2.24) is 0 Å². The lowest BCUT2D eigenvalue weighted by Crippen LogP contribution is -2.18. The number of nitrogens with zero attached hydrogens (tertiary/aromatic N) is 1. The molecule has 0 amide bonds. The van der Waals surface area contributed by atoms with E-state index in [0.717, 1.165) is 37.0 Å². The molecule has 1 aliphatic carbocycles.